The van der Waals surface area contributed by atoms with Crippen LogP contribution in [0.25, 0.3) is 0 Å². The summed E-state index contributed by atoms with van der Waals surface area (Å²) in [5.74, 6) is 0.540. The average molecular weight is 266 g/mol. The molecular weight excluding hydrogens is 244 g/mol. The van der Waals surface area contributed by atoms with Gasteiger partial charge in [-0.05, 0) is 38.5 Å². The van der Waals surface area contributed by atoms with Crippen LogP contribution in [0, 0.1) is 12.8 Å². The van der Waals surface area contributed by atoms with Gasteiger partial charge in [-0.2, -0.15) is 0 Å². The quantitative estimate of drug-likeness (QED) is 0.894. The summed E-state index contributed by atoms with van der Waals surface area (Å²) >= 11 is 1.70. The van der Waals surface area contributed by atoms with Crippen molar-refractivity contribution in [3.05, 3.63) is 16.1 Å². The zero-order valence-electron chi connectivity index (χ0n) is 11.0. The normalized spacial score (nSPS) is 28.7. The molecule has 1 spiro atoms. The van der Waals surface area contributed by atoms with Crippen molar-refractivity contribution in [2.75, 3.05) is 6.61 Å². The van der Waals surface area contributed by atoms with Crippen molar-refractivity contribution in [3.63, 3.8) is 0 Å². The molecule has 2 atom stereocenters. The monoisotopic (exact) mass is 266 g/mol. The Labute approximate surface area is 113 Å². The first-order chi connectivity index (χ1) is 8.69. The second-order valence-corrected chi connectivity index (χ2v) is 6.87. The second-order valence-electron chi connectivity index (χ2n) is 5.81. The molecule has 0 aromatic carbocycles. The Morgan fingerprint density at radius 3 is 2.94 bits per heavy atom. The molecule has 1 saturated carbocycles. The van der Waals surface area contributed by atoms with Crippen LogP contribution in [0.15, 0.2) is 5.38 Å². The van der Waals surface area contributed by atoms with E-state index in [4.69, 9.17) is 10.5 Å². The molecule has 1 aliphatic heterocycles. The summed E-state index contributed by atoms with van der Waals surface area (Å²) in [6.07, 6.45) is 7.30. The summed E-state index contributed by atoms with van der Waals surface area (Å²) in [5.41, 5.74) is 7.66. The summed E-state index contributed by atoms with van der Waals surface area (Å²) in [4.78, 5) is 4.55. The summed E-state index contributed by atoms with van der Waals surface area (Å²) in [5, 5.41) is 3.24. The molecule has 2 fully saturated rings. The molecule has 1 aromatic heterocycles. The lowest BCUT2D eigenvalue weighted by atomic mass is 9.80. The van der Waals surface area contributed by atoms with E-state index in [0.29, 0.717) is 5.92 Å². The molecule has 2 heterocycles. The molecule has 0 radical (unpaired) electrons. The molecule has 0 amide bonds. The van der Waals surface area contributed by atoms with Gasteiger partial charge in [0.1, 0.15) is 0 Å². The standard InChI is InChI=1S/C14H22N2OS/c1-10-16-12(9-18-10)13(15)11-4-7-17-14(8-11)5-2-3-6-14/h9,11,13H,2-8,15H2,1H3. The first-order valence-corrected chi connectivity index (χ1v) is 7.88. The Morgan fingerprint density at radius 2 is 2.28 bits per heavy atom. The number of rotatable bonds is 2. The SMILES string of the molecule is Cc1nc(C(N)C2CCOC3(CCCC3)C2)cs1. The molecule has 3 nitrogen and oxygen atoms in total. The highest BCUT2D eigenvalue weighted by Crippen LogP contribution is 2.44. The van der Waals surface area contributed by atoms with E-state index < -0.39 is 0 Å². The fourth-order valence-corrected chi connectivity index (χ4v) is 4.17. The first-order valence-electron chi connectivity index (χ1n) is 7.00. The van der Waals surface area contributed by atoms with Gasteiger partial charge >= 0.3 is 0 Å². The zero-order valence-corrected chi connectivity index (χ0v) is 11.8. The topological polar surface area (TPSA) is 48.1 Å². The summed E-state index contributed by atoms with van der Waals surface area (Å²) in [6, 6.07) is 0.0938. The van der Waals surface area contributed by atoms with Gasteiger partial charge < -0.3 is 10.5 Å². The highest BCUT2D eigenvalue weighted by molar-refractivity contribution is 7.09. The van der Waals surface area contributed by atoms with Crippen molar-refractivity contribution >= 4 is 11.3 Å². The number of hydrogen-bond donors (Lipinski definition) is 1. The highest BCUT2D eigenvalue weighted by atomic mass is 32.1. The van der Waals surface area contributed by atoms with Crippen LogP contribution in [0.3, 0.4) is 0 Å². The Kier molecular flexibility index (Phi) is 3.43. The van der Waals surface area contributed by atoms with Crippen LogP contribution in [-0.2, 0) is 4.74 Å². The van der Waals surface area contributed by atoms with Crippen LogP contribution in [-0.4, -0.2) is 17.2 Å². The lowest BCUT2D eigenvalue weighted by Crippen LogP contribution is -2.40. The lowest BCUT2D eigenvalue weighted by Gasteiger charge is -2.40. The van der Waals surface area contributed by atoms with E-state index in [-0.39, 0.29) is 11.6 Å². The van der Waals surface area contributed by atoms with Crippen molar-refractivity contribution in [2.24, 2.45) is 11.7 Å². The molecule has 1 saturated heterocycles. The average Bonchev–Trinajstić information content (AvgIpc) is 2.98. The zero-order chi connectivity index (χ0) is 12.6. The third kappa shape index (κ3) is 2.33. The van der Waals surface area contributed by atoms with E-state index in [1.54, 1.807) is 11.3 Å². The van der Waals surface area contributed by atoms with Crippen LogP contribution < -0.4 is 5.73 Å². The lowest BCUT2D eigenvalue weighted by molar-refractivity contribution is -0.0965. The van der Waals surface area contributed by atoms with Crippen molar-refractivity contribution in [2.45, 2.75) is 57.1 Å². The smallest absolute Gasteiger partial charge is 0.0898 e. The van der Waals surface area contributed by atoms with Crippen LogP contribution >= 0.6 is 11.3 Å². The van der Waals surface area contributed by atoms with E-state index in [9.17, 15) is 0 Å². The largest absolute Gasteiger partial charge is 0.375 e. The van der Waals surface area contributed by atoms with Crippen LogP contribution in [0.4, 0.5) is 0 Å². The summed E-state index contributed by atoms with van der Waals surface area (Å²) in [6.45, 7) is 2.92. The minimum Gasteiger partial charge on any atom is -0.375 e. The van der Waals surface area contributed by atoms with Crippen molar-refractivity contribution < 1.29 is 4.74 Å². The molecule has 0 bridgehead atoms. The third-order valence-corrected chi connectivity index (χ3v) is 5.32. The Hall–Kier alpha value is -0.450. The maximum absolute atomic E-state index is 6.42. The maximum Gasteiger partial charge on any atom is 0.0898 e. The predicted octanol–water partition coefficient (Wildman–Crippen LogP) is 3.19. The van der Waals surface area contributed by atoms with Crippen molar-refractivity contribution in [3.8, 4) is 0 Å². The Balaban J connectivity index is 1.72. The Morgan fingerprint density at radius 1 is 1.50 bits per heavy atom. The fraction of sp³-hybridized carbons (Fsp3) is 0.786. The number of ether oxygens (including phenoxy) is 1. The fourth-order valence-electron chi connectivity index (χ4n) is 3.51. The van der Waals surface area contributed by atoms with Gasteiger partial charge in [-0.1, -0.05) is 12.8 Å². The molecule has 4 heteroatoms. The maximum atomic E-state index is 6.42. The molecule has 18 heavy (non-hydrogen) atoms. The molecular formula is C14H22N2OS. The minimum atomic E-state index is 0.0938. The van der Waals surface area contributed by atoms with Gasteiger partial charge in [-0.15, -0.1) is 11.3 Å². The van der Waals surface area contributed by atoms with Gasteiger partial charge in [0.15, 0.2) is 0 Å². The summed E-state index contributed by atoms with van der Waals surface area (Å²) < 4.78 is 6.07. The number of aryl methyl sites for hydroxylation is 1. The minimum absolute atomic E-state index is 0.0938. The second kappa shape index (κ2) is 4.91. The first kappa shape index (κ1) is 12.6. The van der Waals surface area contributed by atoms with Gasteiger partial charge in [0, 0.05) is 12.0 Å². The highest BCUT2D eigenvalue weighted by Gasteiger charge is 2.41. The molecule has 2 aliphatic rings. The van der Waals surface area contributed by atoms with Gasteiger partial charge in [0.05, 0.1) is 22.3 Å². The van der Waals surface area contributed by atoms with E-state index in [2.05, 4.69) is 10.4 Å². The molecule has 2 N–H and O–H groups in total. The van der Waals surface area contributed by atoms with Crippen molar-refractivity contribution in [1.29, 1.82) is 0 Å². The van der Waals surface area contributed by atoms with E-state index in [0.717, 1.165) is 30.2 Å². The molecule has 1 aromatic rings. The summed E-state index contributed by atoms with van der Waals surface area (Å²) in [7, 11) is 0. The Bertz CT molecular complexity index is 412. The number of nitrogens with zero attached hydrogens (tertiary/aromatic N) is 1. The molecule has 2 unspecified atom stereocenters. The molecule has 1 aliphatic carbocycles. The van der Waals surface area contributed by atoms with Gasteiger partial charge in [-0.25, -0.2) is 4.98 Å². The van der Waals surface area contributed by atoms with E-state index in [1.165, 1.54) is 25.7 Å². The van der Waals surface area contributed by atoms with E-state index in [1.807, 2.05) is 6.92 Å². The number of aromatic nitrogens is 1. The third-order valence-electron chi connectivity index (χ3n) is 4.53. The number of hydrogen-bond acceptors (Lipinski definition) is 4. The van der Waals surface area contributed by atoms with E-state index >= 15 is 0 Å². The van der Waals surface area contributed by atoms with Gasteiger partial charge in [0.2, 0.25) is 0 Å². The van der Waals surface area contributed by atoms with Gasteiger partial charge in [-0.3, -0.25) is 0 Å². The van der Waals surface area contributed by atoms with Crippen LogP contribution in [0.5, 0.6) is 0 Å². The number of thiazole rings is 1. The van der Waals surface area contributed by atoms with Crippen LogP contribution in [0.2, 0.25) is 0 Å². The number of nitrogens with two attached hydrogens (primary N) is 1. The van der Waals surface area contributed by atoms with Gasteiger partial charge in [0.25, 0.3) is 0 Å². The molecule has 3 rings (SSSR count). The molecule has 100 valence electrons. The van der Waals surface area contributed by atoms with Crippen molar-refractivity contribution in [1.82, 2.24) is 4.98 Å². The predicted molar refractivity (Wildman–Crippen MR) is 73.7 cm³/mol. The van der Waals surface area contributed by atoms with Crippen LogP contribution in [0.1, 0.15) is 55.3 Å².